The second-order valence-electron chi connectivity index (χ2n) is 9.58. The Morgan fingerprint density at radius 2 is 1.88 bits per heavy atom. The molecule has 2 aromatic carbocycles. The van der Waals surface area contributed by atoms with Gasteiger partial charge in [-0.2, -0.15) is 0 Å². The van der Waals surface area contributed by atoms with Crippen LogP contribution in [0.4, 0.5) is 5.13 Å². The molecule has 1 fully saturated rings. The zero-order valence-corrected chi connectivity index (χ0v) is 25.9. The van der Waals surface area contributed by atoms with Crippen molar-refractivity contribution in [2.24, 2.45) is 5.16 Å². The Bertz CT molecular complexity index is 1560. The second-order valence-corrected chi connectivity index (χ2v) is 11.8. The number of allylic oxidation sites excluding steroid dienone is 1. The third kappa shape index (κ3) is 7.04. The molecule has 2 amide bonds. The molecule has 0 spiro atoms. The van der Waals surface area contributed by atoms with Gasteiger partial charge in [0.1, 0.15) is 30.0 Å². The fourth-order valence-electron chi connectivity index (χ4n) is 4.58. The average Bonchev–Trinajstić information content (AvgIpc) is 3.47. The van der Waals surface area contributed by atoms with E-state index >= 15 is 0 Å². The molecule has 43 heavy (non-hydrogen) atoms. The maximum atomic E-state index is 13.5. The number of methoxy groups -OCH3 is 1. The molecule has 5 rings (SSSR count). The standard InChI is InChI=1S/C30H30ClN5O5S2/c1-39-22-11-8-20(9-12-22)14-41-15-24-21(10-7-18-3-5-19(13-31)6-4-18)16-42-29-26(28(38)36(24)29)34-27(37)25(35-40-2)23-17-43-30(32)33-23/h3-12,17,26,29H,13-16H2,1-2H3,(H2,32,33)(H,34,37)/b10-7-,35-25-/t26-,29-/m1/s1. The SMILES string of the molecule is CO/N=C(\C(=O)N[C@@H]1C(=O)N2C(COCc3ccc(OC)cc3)=C(/C=C\c3ccc(CCl)cc3)CS[C@H]12)c1csc(N)n1. The van der Waals surface area contributed by atoms with Crippen LogP contribution in [-0.4, -0.2) is 65.4 Å². The first-order valence-electron chi connectivity index (χ1n) is 13.3. The van der Waals surface area contributed by atoms with Gasteiger partial charge in [0.2, 0.25) is 0 Å². The fourth-order valence-corrected chi connectivity index (χ4v) is 6.67. The van der Waals surface area contributed by atoms with Gasteiger partial charge in [-0.25, -0.2) is 4.98 Å². The number of benzene rings is 2. The van der Waals surface area contributed by atoms with Gasteiger partial charge < -0.3 is 25.4 Å². The van der Waals surface area contributed by atoms with Crippen molar-refractivity contribution in [2.45, 2.75) is 23.9 Å². The minimum absolute atomic E-state index is 0.0510. The lowest BCUT2D eigenvalue weighted by atomic mass is 10.0. The van der Waals surface area contributed by atoms with Crippen LogP contribution in [0.5, 0.6) is 5.75 Å². The number of rotatable bonds is 12. The Balaban J connectivity index is 1.34. The van der Waals surface area contributed by atoms with E-state index < -0.39 is 11.9 Å². The molecule has 1 saturated heterocycles. The molecule has 10 nitrogen and oxygen atoms in total. The number of carbonyl (C=O) groups excluding carboxylic acids is 2. The van der Waals surface area contributed by atoms with E-state index in [2.05, 4.69) is 15.5 Å². The van der Waals surface area contributed by atoms with E-state index in [1.165, 1.54) is 18.4 Å². The van der Waals surface area contributed by atoms with Crippen molar-refractivity contribution in [3.63, 3.8) is 0 Å². The summed E-state index contributed by atoms with van der Waals surface area (Å²) in [5.74, 6) is 1.04. The zero-order chi connectivity index (χ0) is 30.3. The van der Waals surface area contributed by atoms with Crippen molar-refractivity contribution in [3.8, 4) is 5.75 Å². The van der Waals surface area contributed by atoms with Crippen molar-refractivity contribution >= 4 is 63.4 Å². The smallest absolute Gasteiger partial charge is 0.276 e. The monoisotopic (exact) mass is 639 g/mol. The van der Waals surface area contributed by atoms with E-state index in [0.29, 0.717) is 23.4 Å². The van der Waals surface area contributed by atoms with Gasteiger partial charge in [0.15, 0.2) is 10.8 Å². The van der Waals surface area contributed by atoms with E-state index in [1.54, 1.807) is 29.2 Å². The number of β-lactam (4-membered cyclic amide) rings is 1. The van der Waals surface area contributed by atoms with Gasteiger partial charge in [-0.3, -0.25) is 14.5 Å². The number of nitrogens with one attached hydrogen (secondary N) is 1. The van der Waals surface area contributed by atoms with Gasteiger partial charge in [0, 0.05) is 17.0 Å². The number of amides is 2. The summed E-state index contributed by atoms with van der Waals surface area (Å²) >= 11 is 8.68. The Morgan fingerprint density at radius 1 is 1.14 bits per heavy atom. The summed E-state index contributed by atoms with van der Waals surface area (Å²) in [5, 5.41) is 8.24. The highest BCUT2D eigenvalue weighted by Crippen LogP contribution is 2.41. The lowest BCUT2D eigenvalue weighted by Gasteiger charge is -2.50. The number of fused-ring (bicyclic) bond motifs is 1. The Morgan fingerprint density at radius 3 is 2.53 bits per heavy atom. The maximum Gasteiger partial charge on any atom is 0.276 e. The summed E-state index contributed by atoms with van der Waals surface area (Å²) in [6.45, 7) is 0.576. The number of hydrogen-bond donors (Lipinski definition) is 2. The van der Waals surface area contributed by atoms with Crippen molar-refractivity contribution in [1.82, 2.24) is 15.2 Å². The normalized spacial score (nSPS) is 18.4. The first-order valence-corrected chi connectivity index (χ1v) is 15.7. The summed E-state index contributed by atoms with van der Waals surface area (Å²) in [4.78, 5) is 37.4. The molecule has 2 aliphatic heterocycles. The van der Waals surface area contributed by atoms with Gasteiger partial charge in [-0.1, -0.05) is 53.7 Å². The lowest BCUT2D eigenvalue weighted by Crippen LogP contribution is -2.70. The number of oxime groups is 1. The van der Waals surface area contributed by atoms with E-state index in [0.717, 1.165) is 33.7 Å². The van der Waals surface area contributed by atoms with Crippen LogP contribution in [0.15, 0.2) is 76.4 Å². The number of anilines is 1. The highest BCUT2D eigenvalue weighted by Gasteiger charge is 2.52. The number of thioether (sulfide) groups is 1. The van der Waals surface area contributed by atoms with Crippen LogP contribution in [0, 0.1) is 0 Å². The van der Waals surface area contributed by atoms with E-state index in [1.807, 2.05) is 60.7 Å². The topological polar surface area (TPSA) is 128 Å². The van der Waals surface area contributed by atoms with Crippen LogP contribution >= 0.6 is 34.7 Å². The first kappa shape index (κ1) is 30.6. The van der Waals surface area contributed by atoms with Crippen LogP contribution in [0.2, 0.25) is 0 Å². The van der Waals surface area contributed by atoms with Crippen LogP contribution < -0.4 is 15.8 Å². The maximum absolute atomic E-state index is 13.5. The Kier molecular flexibility index (Phi) is 10.0. The largest absolute Gasteiger partial charge is 0.497 e. The average molecular weight is 640 g/mol. The lowest BCUT2D eigenvalue weighted by molar-refractivity contribution is -0.145. The molecule has 0 bridgehead atoms. The molecule has 3 aromatic rings. The number of hydrogen-bond acceptors (Lipinski definition) is 10. The van der Waals surface area contributed by atoms with Crippen molar-refractivity contribution in [3.05, 3.63) is 93.6 Å². The van der Waals surface area contributed by atoms with Crippen LogP contribution in [0.1, 0.15) is 22.4 Å². The number of nitrogens with two attached hydrogens (primary N) is 1. The predicted molar refractivity (Wildman–Crippen MR) is 170 cm³/mol. The molecule has 0 aliphatic carbocycles. The molecule has 3 N–H and O–H groups in total. The predicted octanol–water partition coefficient (Wildman–Crippen LogP) is 4.41. The molecular formula is C30H30ClN5O5S2. The number of thiazole rings is 1. The van der Waals surface area contributed by atoms with Crippen molar-refractivity contribution < 1.29 is 23.9 Å². The number of carbonyl (C=O) groups is 2. The minimum Gasteiger partial charge on any atom is -0.497 e. The summed E-state index contributed by atoms with van der Waals surface area (Å²) in [7, 11) is 2.96. The summed E-state index contributed by atoms with van der Waals surface area (Å²) in [6.07, 6.45) is 4.02. The molecular weight excluding hydrogens is 610 g/mol. The molecule has 0 radical (unpaired) electrons. The summed E-state index contributed by atoms with van der Waals surface area (Å²) in [5.41, 5.74) is 10.7. The van der Waals surface area contributed by atoms with Crippen LogP contribution in [-0.2, 0) is 31.7 Å². The Labute approximate surface area is 262 Å². The Hall–Kier alpha value is -3.84. The molecule has 13 heteroatoms. The van der Waals surface area contributed by atoms with Crippen LogP contribution in [0.25, 0.3) is 6.08 Å². The van der Waals surface area contributed by atoms with Gasteiger partial charge in [-0.05, 0) is 34.4 Å². The number of halogens is 1. The number of aromatic nitrogens is 1. The van der Waals surface area contributed by atoms with E-state index in [9.17, 15) is 9.59 Å². The third-order valence-electron chi connectivity index (χ3n) is 6.84. The highest BCUT2D eigenvalue weighted by atomic mass is 35.5. The molecule has 2 aliphatic rings. The molecule has 224 valence electrons. The zero-order valence-electron chi connectivity index (χ0n) is 23.5. The molecule has 1 aromatic heterocycles. The van der Waals surface area contributed by atoms with Gasteiger partial charge in [0.05, 0.1) is 26.0 Å². The number of ether oxygens (including phenoxy) is 2. The fraction of sp³-hybridized carbons (Fsp3) is 0.267. The third-order valence-corrected chi connectivity index (χ3v) is 9.13. The van der Waals surface area contributed by atoms with E-state index in [4.69, 9.17) is 31.6 Å². The number of nitrogens with zero attached hydrogens (tertiary/aromatic N) is 3. The molecule has 3 heterocycles. The summed E-state index contributed by atoms with van der Waals surface area (Å²) in [6, 6.07) is 14.9. The number of nitrogen functional groups attached to an aromatic ring is 1. The minimum atomic E-state index is -0.749. The van der Waals surface area contributed by atoms with Crippen molar-refractivity contribution in [2.75, 3.05) is 32.3 Å². The molecule has 2 atom stereocenters. The van der Waals surface area contributed by atoms with Crippen molar-refractivity contribution in [1.29, 1.82) is 0 Å². The van der Waals surface area contributed by atoms with Gasteiger partial charge >= 0.3 is 0 Å². The van der Waals surface area contributed by atoms with Crippen LogP contribution in [0.3, 0.4) is 0 Å². The quantitative estimate of drug-likeness (QED) is 0.129. The van der Waals surface area contributed by atoms with E-state index in [-0.39, 0.29) is 29.3 Å². The number of alkyl halides is 1. The van der Waals surface area contributed by atoms with Gasteiger partial charge in [0.25, 0.3) is 11.8 Å². The summed E-state index contributed by atoms with van der Waals surface area (Å²) < 4.78 is 11.3. The highest BCUT2D eigenvalue weighted by molar-refractivity contribution is 8.00. The molecule has 0 saturated carbocycles. The van der Waals surface area contributed by atoms with Gasteiger partial charge in [-0.15, -0.1) is 34.7 Å². The first-order chi connectivity index (χ1) is 20.9. The second kappa shape index (κ2) is 14.1. The molecule has 0 unspecified atom stereocenters.